The van der Waals surface area contributed by atoms with E-state index < -0.39 is 5.97 Å². The van der Waals surface area contributed by atoms with Gasteiger partial charge in [-0.05, 0) is 43.2 Å². The van der Waals surface area contributed by atoms with Crippen LogP contribution in [-0.2, 0) is 9.53 Å². The van der Waals surface area contributed by atoms with Crippen LogP contribution in [0.1, 0.15) is 27.0 Å². The highest BCUT2D eigenvalue weighted by atomic mass is 79.9. The van der Waals surface area contributed by atoms with Crippen LogP contribution in [-0.4, -0.2) is 18.4 Å². The van der Waals surface area contributed by atoms with E-state index in [1.807, 2.05) is 50.2 Å². The number of hydrogen-bond acceptors (Lipinski definition) is 3. The van der Waals surface area contributed by atoms with Crippen molar-refractivity contribution in [3.8, 4) is 0 Å². The first kappa shape index (κ1) is 17.2. The molecule has 3 nitrogen and oxygen atoms in total. The average Bonchev–Trinajstić information content (AvgIpc) is 2.50. The number of esters is 1. The number of aryl methyl sites for hydroxylation is 2. The van der Waals surface area contributed by atoms with Crippen molar-refractivity contribution in [1.29, 1.82) is 0 Å². The van der Waals surface area contributed by atoms with Crippen LogP contribution in [0.4, 0.5) is 0 Å². The van der Waals surface area contributed by atoms with E-state index in [2.05, 4.69) is 15.9 Å². The monoisotopic (exact) mass is 372 g/mol. The van der Waals surface area contributed by atoms with Gasteiger partial charge in [-0.3, -0.25) is 4.79 Å². The lowest BCUT2D eigenvalue weighted by Crippen LogP contribution is -2.13. The van der Waals surface area contributed by atoms with Crippen molar-refractivity contribution in [1.82, 2.24) is 0 Å². The van der Waals surface area contributed by atoms with Gasteiger partial charge in [-0.15, -0.1) is 0 Å². The predicted molar refractivity (Wildman–Crippen MR) is 94.4 cm³/mol. The van der Waals surface area contributed by atoms with E-state index in [0.717, 1.165) is 21.2 Å². The molecule has 0 aliphatic heterocycles. The minimum absolute atomic E-state index is 0.202. The Kier molecular flexibility index (Phi) is 5.88. The summed E-state index contributed by atoms with van der Waals surface area (Å²) in [7, 11) is 0. The smallest absolute Gasteiger partial charge is 0.331 e. The molecule has 0 spiro atoms. The molecular weight excluding hydrogens is 356 g/mol. The van der Waals surface area contributed by atoms with E-state index in [1.165, 1.54) is 6.08 Å². The van der Waals surface area contributed by atoms with Gasteiger partial charge in [-0.2, -0.15) is 0 Å². The van der Waals surface area contributed by atoms with Crippen molar-refractivity contribution in [2.45, 2.75) is 13.8 Å². The quantitative estimate of drug-likeness (QED) is 0.440. The highest BCUT2D eigenvalue weighted by molar-refractivity contribution is 9.10. The van der Waals surface area contributed by atoms with E-state index in [0.29, 0.717) is 5.56 Å². The second-order valence-electron chi connectivity index (χ2n) is 5.24. The fraction of sp³-hybridized carbons (Fsp3) is 0.158. The number of hydrogen-bond donors (Lipinski definition) is 0. The first-order valence-electron chi connectivity index (χ1n) is 7.16. The number of ether oxygens (including phenoxy) is 1. The zero-order valence-electron chi connectivity index (χ0n) is 13.0. The molecule has 0 amide bonds. The fourth-order valence-electron chi connectivity index (χ4n) is 2.16. The third kappa shape index (κ3) is 5.18. The number of Topliss-reactive ketones (excluding diaryl/α,β-unsaturated/α-hetero) is 1. The Bertz CT molecular complexity index is 763. The summed E-state index contributed by atoms with van der Waals surface area (Å²) in [6, 6.07) is 13.1. The van der Waals surface area contributed by atoms with Gasteiger partial charge < -0.3 is 4.74 Å². The largest absolute Gasteiger partial charge is 0.454 e. The van der Waals surface area contributed by atoms with Gasteiger partial charge in [0.25, 0.3) is 0 Å². The Morgan fingerprint density at radius 2 is 1.91 bits per heavy atom. The normalized spacial score (nSPS) is 10.7. The van der Waals surface area contributed by atoms with Crippen molar-refractivity contribution in [3.63, 3.8) is 0 Å². The minimum Gasteiger partial charge on any atom is -0.454 e. The van der Waals surface area contributed by atoms with Gasteiger partial charge in [-0.1, -0.05) is 51.8 Å². The van der Waals surface area contributed by atoms with Gasteiger partial charge in [-0.25, -0.2) is 4.79 Å². The molecule has 23 heavy (non-hydrogen) atoms. The molecule has 4 heteroatoms. The molecule has 0 heterocycles. The Morgan fingerprint density at radius 1 is 1.13 bits per heavy atom. The summed E-state index contributed by atoms with van der Waals surface area (Å²) < 4.78 is 5.94. The lowest BCUT2D eigenvalue weighted by Gasteiger charge is -2.06. The van der Waals surface area contributed by atoms with Crippen molar-refractivity contribution in [3.05, 3.63) is 75.3 Å². The van der Waals surface area contributed by atoms with Gasteiger partial charge in [0.1, 0.15) is 0 Å². The van der Waals surface area contributed by atoms with Gasteiger partial charge in [0.05, 0.1) is 0 Å². The Hall–Kier alpha value is -2.20. The number of ketones is 1. The van der Waals surface area contributed by atoms with Crippen molar-refractivity contribution in [2.75, 3.05) is 6.61 Å². The predicted octanol–water partition coefficient (Wildman–Crippen LogP) is 4.51. The van der Waals surface area contributed by atoms with Crippen LogP contribution in [0.3, 0.4) is 0 Å². The third-order valence-electron chi connectivity index (χ3n) is 3.29. The molecule has 118 valence electrons. The molecule has 2 rings (SSSR count). The first-order chi connectivity index (χ1) is 11.0. The number of rotatable bonds is 5. The van der Waals surface area contributed by atoms with Crippen LogP contribution in [0.2, 0.25) is 0 Å². The van der Waals surface area contributed by atoms with Crippen molar-refractivity contribution >= 4 is 33.8 Å². The lowest BCUT2D eigenvalue weighted by molar-refractivity contribution is -0.136. The third-order valence-corrected chi connectivity index (χ3v) is 3.78. The maximum Gasteiger partial charge on any atom is 0.331 e. The molecule has 2 aromatic carbocycles. The molecule has 0 unspecified atom stereocenters. The van der Waals surface area contributed by atoms with E-state index >= 15 is 0 Å². The lowest BCUT2D eigenvalue weighted by atomic mass is 10.0. The molecule has 0 aromatic heterocycles. The molecule has 0 aliphatic rings. The minimum atomic E-state index is -0.539. The van der Waals surface area contributed by atoms with Crippen LogP contribution >= 0.6 is 15.9 Å². The van der Waals surface area contributed by atoms with Crippen LogP contribution in [0.5, 0.6) is 0 Å². The molecule has 0 aliphatic carbocycles. The zero-order valence-corrected chi connectivity index (χ0v) is 14.6. The molecule has 0 fully saturated rings. The van der Waals surface area contributed by atoms with Crippen molar-refractivity contribution < 1.29 is 14.3 Å². The maximum atomic E-state index is 12.1. The summed E-state index contributed by atoms with van der Waals surface area (Å²) in [6.45, 7) is 3.58. The van der Waals surface area contributed by atoms with E-state index in [1.54, 1.807) is 12.1 Å². The van der Waals surface area contributed by atoms with Gasteiger partial charge in [0, 0.05) is 16.1 Å². The Labute approximate surface area is 144 Å². The van der Waals surface area contributed by atoms with Gasteiger partial charge in [0.15, 0.2) is 6.61 Å². The highest BCUT2D eigenvalue weighted by Crippen LogP contribution is 2.13. The zero-order chi connectivity index (χ0) is 16.8. The van der Waals surface area contributed by atoms with Crippen LogP contribution < -0.4 is 0 Å². The second-order valence-corrected chi connectivity index (χ2v) is 6.15. The summed E-state index contributed by atoms with van der Waals surface area (Å²) in [5.74, 6) is -0.741. The summed E-state index contributed by atoms with van der Waals surface area (Å²) in [5, 5.41) is 0. The first-order valence-corrected chi connectivity index (χ1v) is 7.96. The molecule has 2 aromatic rings. The van der Waals surface area contributed by atoms with E-state index in [9.17, 15) is 9.59 Å². The molecule has 0 saturated heterocycles. The fourth-order valence-corrected chi connectivity index (χ4v) is 2.58. The van der Waals surface area contributed by atoms with Crippen LogP contribution in [0.25, 0.3) is 6.08 Å². The Balaban J connectivity index is 1.92. The molecule has 0 bridgehead atoms. The van der Waals surface area contributed by atoms with E-state index in [-0.39, 0.29) is 12.4 Å². The summed E-state index contributed by atoms with van der Waals surface area (Å²) in [4.78, 5) is 23.8. The average molecular weight is 373 g/mol. The topological polar surface area (TPSA) is 43.4 Å². The molecule has 0 N–H and O–H groups in total. The number of halogens is 1. The second kappa shape index (κ2) is 7.88. The van der Waals surface area contributed by atoms with E-state index in [4.69, 9.17) is 4.74 Å². The summed E-state index contributed by atoms with van der Waals surface area (Å²) in [5.41, 5.74) is 3.43. The van der Waals surface area contributed by atoms with Crippen LogP contribution in [0, 0.1) is 13.8 Å². The summed E-state index contributed by atoms with van der Waals surface area (Å²) in [6.07, 6.45) is 2.96. The molecular formula is C19H17BrO3. The van der Waals surface area contributed by atoms with Crippen LogP contribution in [0.15, 0.2) is 53.0 Å². The highest BCUT2D eigenvalue weighted by Gasteiger charge is 2.11. The molecule has 0 radical (unpaired) electrons. The van der Waals surface area contributed by atoms with Crippen molar-refractivity contribution in [2.24, 2.45) is 0 Å². The molecule has 0 atom stereocenters. The number of carbonyl (C=O) groups excluding carboxylic acids is 2. The Morgan fingerprint density at radius 3 is 2.61 bits per heavy atom. The maximum absolute atomic E-state index is 12.1. The molecule has 0 saturated carbocycles. The number of benzene rings is 2. The van der Waals surface area contributed by atoms with Gasteiger partial charge in [0.2, 0.25) is 5.78 Å². The SMILES string of the molecule is Cc1ccc(C(=O)COC(=O)/C=C/c2cccc(Br)c2)c(C)c1. The number of carbonyl (C=O) groups is 2. The standard InChI is InChI=1S/C19H17BrO3/c1-13-6-8-17(14(2)10-13)18(21)12-23-19(22)9-7-15-4-3-5-16(20)11-15/h3-11H,12H2,1-2H3/b9-7+. The summed E-state index contributed by atoms with van der Waals surface area (Å²) >= 11 is 3.36. The van der Waals surface area contributed by atoms with Gasteiger partial charge >= 0.3 is 5.97 Å².